The van der Waals surface area contributed by atoms with Crippen LogP contribution < -0.4 is 0 Å². The summed E-state index contributed by atoms with van der Waals surface area (Å²) in [6, 6.07) is 32.5. The highest BCUT2D eigenvalue weighted by Crippen LogP contribution is 2.42. The van der Waals surface area contributed by atoms with Crippen LogP contribution in [0.15, 0.2) is 95.5 Å². The molecule has 158 valence electrons. The number of rotatable bonds is 2. The van der Waals surface area contributed by atoms with Crippen molar-refractivity contribution in [1.29, 1.82) is 0 Å². The summed E-state index contributed by atoms with van der Waals surface area (Å²) in [5.41, 5.74) is 10.4. The zero-order valence-corrected chi connectivity index (χ0v) is 19.6. The van der Waals surface area contributed by atoms with Crippen LogP contribution in [0, 0.1) is 0 Å². The highest BCUT2D eigenvalue weighted by Gasteiger charge is 2.23. The number of halogens is 1. The Balaban J connectivity index is 1.51. The van der Waals surface area contributed by atoms with E-state index in [1.807, 2.05) is 0 Å². The summed E-state index contributed by atoms with van der Waals surface area (Å²) >= 11 is 3.80. The van der Waals surface area contributed by atoms with E-state index >= 15 is 0 Å². The summed E-state index contributed by atoms with van der Waals surface area (Å²) < 4.78 is 3.58. The zero-order valence-electron chi connectivity index (χ0n) is 18.0. The van der Waals surface area contributed by atoms with Gasteiger partial charge < -0.3 is 9.55 Å². The molecule has 1 N–H and O–H groups in total. The Morgan fingerprint density at radius 3 is 2.33 bits per heavy atom. The summed E-state index contributed by atoms with van der Waals surface area (Å²) in [4.78, 5) is 3.61. The molecule has 2 heterocycles. The van der Waals surface area contributed by atoms with Crippen LogP contribution in [-0.4, -0.2) is 9.55 Å². The monoisotopic (exact) mass is 488 g/mol. The molecule has 0 spiro atoms. The maximum Gasteiger partial charge on any atom is 0.0537 e. The first kappa shape index (κ1) is 19.0. The summed E-state index contributed by atoms with van der Waals surface area (Å²) in [6.45, 7) is 0. The topological polar surface area (TPSA) is 20.7 Å². The van der Waals surface area contributed by atoms with Crippen LogP contribution in [0.4, 0.5) is 0 Å². The van der Waals surface area contributed by atoms with E-state index in [4.69, 9.17) is 0 Å². The molecule has 6 aromatic rings. The molecule has 0 fully saturated rings. The molecule has 0 atom stereocenters. The molecule has 7 rings (SSSR count). The lowest BCUT2D eigenvalue weighted by molar-refractivity contribution is 0.898. The van der Waals surface area contributed by atoms with E-state index in [1.54, 1.807) is 0 Å². The lowest BCUT2D eigenvalue weighted by Crippen LogP contribution is -2.05. The number of benzene rings is 4. The zero-order chi connectivity index (χ0) is 21.9. The Kier molecular flexibility index (Phi) is 4.15. The lowest BCUT2D eigenvalue weighted by atomic mass is 9.89. The fourth-order valence-electron chi connectivity index (χ4n) is 5.53. The summed E-state index contributed by atoms with van der Waals surface area (Å²) in [7, 11) is 0. The van der Waals surface area contributed by atoms with Crippen molar-refractivity contribution < 1.29 is 0 Å². The van der Waals surface area contributed by atoms with E-state index in [2.05, 4.69) is 123 Å². The van der Waals surface area contributed by atoms with Crippen molar-refractivity contribution in [3.63, 3.8) is 0 Å². The molecule has 3 heteroatoms. The molecule has 1 aliphatic rings. The minimum atomic E-state index is 1.02. The molecular formula is C30H21BrN2. The van der Waals surface area contributed by atoms with Crippen molar-refractivity contribution >= 4 is 60.3 Å². The molecule has 0 saturated heterocycles. The van der Waals surface area contributed by atoms with E-state index in [0.717, 1.165) is 17.3 Å². The fourth-order valence-corrected chi connectivity index (χ4v) is 6.09. The molecule has 0 bridgehead atoms. The summed E-state index contributed by atoms with van der Waals surface area (Å²) in [6.07, 6.45) is 4.47. The number of allylic oxidation sites excluding steroid dienone is 1. The van der Waals surface area contributed by atoms with E-state index in [0.29, 0.717) is 0 Å². The second-order valence-electron chi connectivity index (χ2n) is 8.73. The maximum absolute atomic E-state index is 3.80. The predicted octanol–water partition coefficient (Wildman–Crippen LogP) is 8.51. The van der Waals surface area contributed by atoms with Gasteiger partial charge in [-0.25, -0.2) is 0 Å². The van der Waals surface area contributed by atoms with Gasteiger partial charge in [-0.05, 0) is 66.5 Å². The largest absolute Gasteiger partial charge is 0.354 e. The van der Waals surface area contributed by atoms with Gasteiger partial charge in [0.1, 0.15) is 0 Å². The van der Waals surface area contributed by atoms with Crippen molar-refractivity contribution in [2.75, 3.05) is 0 Å². The van der Waals surface area contributed by atoms with Gasteiger partial charge in [0.15, 0.2) is 0 Å². The van der Waals surface area contributed by atoms with Gasteiger partial charge in [0, 0.05) is 48.6 Å². The van der Waals surface area contributed by atoms with Crippen molar-refractivity contribution in [3.05, 3.63) is 112 Å². The van der Waals surface area contributed by atoms with Gasteiger partial charge in [-0.1, -0.05) is 70.5 Å². The Morgan fingerprint density at radius 1 is 0.697 bits per heavy atom. The first-order chi connectivity index (χ1) is 16.3. The van der Waals surface area contributed by atoms with Crippen molar-refractivity contribution in [2.24, 2.45) is 0 Å². The smallest absolute Gasteiger partial charge is 0.0537 e. The van der Waals surface area contributed by atoms with Crippen molar-refractivity contribution in [2.45, 2.75) is 12.8 Å². The van der Waals surface area contributed by atoms with Crippen LogP contribution in [-0.2, 0) is 6.42 Å². The average molecular weight is 489 g/mol. The quantitative estimate of drug-likeness (QED) is 0.252. The number of hydrogen-bond acceptors (Lipinski definition) is 0. The number of aromatic amines is 1. The van der Waals surface area contributed by atoms with Gasteiger partial charge in [-0.15, -0.1) is 0 Å². The first-order valence-corrected chi connectivity index (χ1v) is 12.2. The first-order valence-electron chi connectivity index (χ1n) is 11.4. The highest BCUT2D eigenvalue weighted by molar-refractivity contribution is 9.10. The van der Waals surface area contributed by atoms with Gasteiger partial charge in [0.25, 0.3) is 0 Å². The van der Waals surface area contributed by atoms with Crippen LogP contribution in [0.2, 0.25) is 0 Å². The van der Waals surface area contributed by atoms with Crippen LogP contribution in [0.5, 0.6) is 0 Å². The molecular weight excluding hydrogens is 468 g/mol. The molecule has 1 aliphatic carbocycles. The number of H-pyrrole nitrogens is 1. The summed E-state index contributed by atoms with van der Waals surface area (Å²) in [5, 5.41) is 3.89. The van der Waals surface area contributed by atoms with E-state index < -0.39 is 0 Å². The Bertz CT molecular complexity index is 1720. The summed E-state index contributed by atoms with van der Waals surface area (Å²) in [5.74, 6) is 0. The Morgan fingerprint density at radius 2 is 1.45 bits per heavy atom. The van der Waals surface area contributed by atoms with Gasteiger partial charge in [-0.2, -0.15) is 0 Å². The number of nitrogens with one attached hydrogen (secondary N) is 1. The SMILES string of the molecule is Brc1cccc2[nH]c3cccc(C4=Cc5c(n(-c6ccccc6)c6ccccc56)CC4)c3c12. The van der Waals surface area contributed by atoms with E-state index in [1.165, 1.54) is 60.8 Å². The third-order valence-corrected chi connectivity index (χ3v) is 7.58. The second-order valence-corrected chi connectivity index (χ2v) is 9.59. The number of aromatic nitrogens is 2. The molecule has 0 aliphatic heterocycles. The Labute approximate surface area is 200 Å². The fraction of sp³-hybridized carbons (Fsp3) is 0.0667. The second kappa shape index (κ2) is 7.23. The third kappa shape index (κ3) is 2.79. The average Bonchev–Trinajstić information content (AvgIpc) is 3.41. The highest BCUT2D eigenvalue weighted by atomic mass is 79.9. The Hall–Kier alpha value is -3.56. The standard InChI is InChI=1S/C30H21BrN2/c31-24-12-7-14-26-30(24)29-21(11-6-13-25(29)32-26)19-16-17-28-23(18-19)22-10-4-5-15-27(22)33(28)20-8-2-1-3-9-20/h1-15,18,32H,16-17H2. The van der Waals surface area contributed by atoms with Crippen LogP contribution in [0.25, 0.3) is 50.0 Å². The number of hydrogen-bond donors (Lipinski definition) is 1. The number of fused-ring (bicyclic) bond motifs is 6. The van der Waals surface area contributed by atoms with Crippen LogP contribution >= 0.6 is 15.9 Å². The van der Waals surface area contributed by atoms with Gasteiger partial charge >= 0.3 is 0 Å². The molecule has 0 amide bonds. The number of nitrogens with zero attached hydrogens (tertiary/aromatic N) is 1. The number of para-hydroxylation sites is 2. The van der Waals surface area contributed by atoms with E-state index in [9.17, 15) is 0 Å². The minimum Gasteiger partial charge on any atom is -0.354 e. The van der Waals surface area contributed by atoms with Gasteiger partial charge in [0.2, 0.25) is 0 Å². The lowest BCUT2D eigenvalue weighted by Gasteiger charge is -2.18. The molecule has 0 unspecified atom stereocenters. The molecule has 33 heavy (non-hydrogen) atoms. The molecule has 2 nitrogen and oxygen atoms in total. The molecule has 2 aromatic heterocycles. The maximum atomic E-state index is 3.80. The molecule has 4 aromatic carbocycles. The third-order valence-electron chi connectivity index (χ3n) is 6.92. The normalized spacial score (nSPS) is 13.5. The van der Waals surface area contributed by atoms with Crippen LogP contribution in [0.1, 0.15) is 23.2 Å². The predicted molar refractivity (Wildman–Crippen MR) is 143 cm³/mol. The van der Waals surface area contributed by atoms with Gasteiger partial charge in [-0.3, -0.25) is 0 Å². The van der Waals surface area contributed by atoms with Crippen molar-refractivity contribution in [1.82, 2.24) is 9.55 Å². The van der Waals surface area contributed by atoms with E-state index in [-0.39, 0.29) is 0 Å². The minimum absolute atomic E-state index is 1.02. The van der Waals surface area contributed by atoms with Crippen molar-refractivity contribution in [3.8, 4) is 5.69 Å². The van der Waals surface area contributed by atoms with Gasteiger partial charge in [0.05, 0.1) is 5.52 Å². The van der Waals surface area contributed by atoms with Crippen LogP contribution in [0.3, 0.4) is 0 Å². The molecule has 0 saturated carbocycles. The molecule has 0 radical (unpaired) electrons.